The summed E-state index contributed by atoms with van der Waals surface area (Å²) in [5.74, 6) is -0.162. The van der Waals surface area contributed by atoms with Gasteiger partial charge in [0.05, 0.1) is 0 Å². The van der Waals surface area contributed by atoms with Crippen LogP contribution in [0.5, 0.6) is 0 Å². The molecule has 284 valence electrons. The molecule has 0 fully saturated rings. The molecule has 0 bridgehead atoms. The minimum atomic E-state index is -0.168. The molecule has 0 amide bonds. The van der Waals surface area contributed by atoms with E-state index in [9.17, 15) is 8.78 Å². The van der Waals surface area contributed by atoms with Gasteiger partial charge in [-0.25, -0.2) is 8.78 Å². The van der Waals surface area contributed by atoms with Crippen molar-refractivity contribution in [1.29, 1.82) is 0 Å². The van der Waals surface area contributed by atoms with Crippen LogP contribution in [0, 0.1) is 11.6 Å². The standard InChI is InChI=1S/2C24H20F.C2H6Si.2ClH.Zr/c2*1-2-17-14-19-10-6-7-11-21(23(19)15-17)20-12-13-22(24(25)16-20)18-8-4-3-5-9-18;1-3-2;;;/h2*3-16,21H,2H2,1H3;1-2H3;2*1H;/q2*-1;;;;+2/p-2. The molecule has 0 saturated carbocycles. The summed E-state index contributed by atoms with van der Waals surface area (Å²) in [6.07, 6.45) is 18.8. The third-order valence-corrected chi connectivity index (χ3v) is 9.77. The van der Waals surface area contributed by atoms with E-state index in [0.717, 1.165) is 35.1 Å². The number of allylic oxidation sites excluding steroid dienone is 6. The van der Waals surface area contributed by atoms with Gasteiger partial charge in [-0.1, -0.05) is 123 Å². The van der Waals surface area contributed by atoms with E-state index in [2.05, 4.69) is 99.8 Å². The van der Waals surface area contributed by atoms with Gasteiger partial charge in [-0.05, 0) is 59.1 Å². The van der Waals surface area contributed by atoms with Crippen LogP contribution in [0.25, 0.3) is 34.4 Å². The van der Waals surface area contributed by atoms with Crippen molar-refractivity contribution in [2.75, 3.05) is 0 Å². The average molecular weight is 875 g/mol. The normalized spacial score (nSPS) is 14.6. The Bertz CT molecular complexity index is 2170. The van der Waals surface area contributed by atoms with Crippen LogP contribution in [0.3, 0.4) is 0 Å². The van der Waals surface area contributed by atoms with Gasteiger partial charge < -0.3 is 24.8 Å². The Hall–Kier alpha value is -3.92. The van der Waals surface area contributed by atoms with E-state index < -0.39 is 0 Å². The quantitative estimate of drug-likeness (QED) is 0.119. The summed E-state index contributed by atoms with van der Waals surface area (Å²) in [5, 5.41) is 0. The van der Waals surface area contributed by atoms with Gasteiger partial charge in [-0.2, -0.15) is 34.4 Å². The van der Waals surface area contributed by atoms with Crippen molar-refractivity contribution in [3.63, 3.8) is 0 Å². The fourth-order valence-electron chi connectivity index (χ4n) is 7.06. The average Bonchev–Trinajstić information content (AvgIpc) is 3.66. The van der Waals surface area contributed by atoms with Gasteiger partial charge in [0.15, 0.2) is 0 Å². The molecule has 2 aliphatic rings. The molecule has 6 heteroatoms. The van der Waals surface area contributed by atoms with E-state index in [-0.39, 0.29) is 53.7 Å². The summed E-state index contributed by atoms with van der Waals surface area (Å²) in [4.78, 5) is 0. The monoisotopic (exact) mass is 872 g/mol. The maximum absolute atomic E-state index is 14.8. The number of benzene rings is 4. The van der Waals surface area contributed by atoms with Crippen LogP contribution in [-0.2, 0) is 36.2 Å². The predicted molar refractivity (Wildman–Crippen MR) is 224 cm³/mol. The molecule has 8 rings (SSSR count). The van der Waals surface area contributed by atoms with Gasteiger partial charge in [0.2, 0.25) is 0 Å². The van der Waals surface area contributed by atoms with E-state index in [1.165, 1.54) is 33.4 Å². The maximum Gasteiger partial charge on any atom is -1.00 e. The Kier molecular flexibility index (Phi) is 17.2. The second kappa shape index (κ2) is 21.6. The zero-order chi connectivity index (χ0) is 38.0. The molecule has 0 aromatic heterocycles. The first-order valence-corrected chi connectivity index (χ1v) is 24.9. The van der Waals surface area contributed by atoms with Gasteiger partial charge in [0.1, 0.15) is 11.6 Å². The topological polar surface area (TPSA) is 0 Å². The molecular formula is C50H46Cl2F2SiZr-2. The first-order valence-electron chi connectivity index (χ1n) is 18.8. The molecule has 0 aliphatic heterocycles. The minimum Gasteiger partial charge on any atom is -1.00 e. The molecule has 2 aliphatic carbocycles. The fraction of sp³-hybridized carbons (Fsp3) is 0.160. The summed E-state index contributed by atoms with van der Waals surface area (Å²) >= 11 is 1.74. The third-order valence-electron chi connectivity index (χ3n) is 9.77. The molecule has 0 saturated heterocycles. The van der Waals surface area contributed by atoms with E-state index in [4.69, 9.17) is 0 Å². The summed E-state index contributed by atoms with van der Waals surface area (Å²) in [5.41, 5.74) is 13.0. The molecule has 0 N–H and O–H groups in total. The Morgan fingerprint density at radius 3 is 1.27 bits per heavy atom. The van der Waals surface area contributed by atoms with Crippen molar-refractivity contribution in [2.45, 2.75) is 51.6 Å². The Labute approximate surface area is 359 Å². The molecule has 0 nitrogen and oxygen atoms in total. The minimum absolute atomic E-state index is 0. The van der Waals surface area contributed by atoms with E-state index >= 15 is 0 Å². The van der Waals surface area contributed by atoms with Gasteiger partial charge >= 0.3 is 41.9 Å². The smallest absolute Gasteiger partial charge is 1.00 e. The molecular weight excluding hydrogens is 829 g/mol. The summed E-state index contributed by atoms with van der Waals surface area (Å²) in [6.45, 7) is 8.95. The van der Waals surface area contributed by atoms with Gasteiger partial charge in [0.25, 0.3) is 0 Å². The van der Waals surface area contributed by atoms with Crippen LogP contribution >= 0.6 is 0 Å². The van der Waals surface area contributed by atoms with Crippen molar-refractivity contribution in [1.82, 2.24) is 0 Å². The van der Waals surface area contributed by atoms with Crippen molar-refractivity contribution in [3.8, 4) is 22.3 Å². The van der Waals surface area contributed by atoms with E-state index in [0.29, 0.717) is 11.1 Å². The van der Waals surface area contributed by atoms with Gasteiger partial charge in [0, 0.05) is 11.1 Å². The summed E-state index contributed by atoms with van der Waals surface area (Å²) in [6, 6.07) is 39.6. The Morgan fingerprint density at radius 2 is 0.929 bits per heavy atom. The first kappa shape index (κ1) is 44.8. The van der Waals surface area contributed by atoms with Gasteiger partial charge in [-0.3, -0.25) is 0 Å². The van der Waals surface area contributed by atoms with E-state index in [1.807, 2.05) is 84.9 Å². The summed E-state index contributed by atoms with van der Waals surface area (Å²) in [7, 11) is 0. The molecule has 6 aromatic carbocycles. The molecule has 0 spiro atoms. The predicted octanol–water partition coefficient (Wildman–Crippen LogP) is 7.77. The van der Waals surface area contributed by atoms with Crippen LogP contribution in [-0.4, -0.2) is 5.43 Å². The number of rotatable bonds is 6. The fourth-order valence-corrected chi connectivity index (χ4v) is 7.06. The number of halogens is 4. The molecule has 2 atom stereocenters. The molecule has 0 heterocycles. The Morgan fingerprint density at radius 1 is 0.554 bits per heavy atom. The van der Waals surface area contributed by atoms with Crippen LogP contribution in [0.15, 0.2) is 158 Å². The van der Waals surface area contributed by atoms with Crippen LogP contribution < -0.4 is 24.8 Å². The van der Waals surface area contributed by atoms with Gasteiger partial charge in [-0.15, -0.1) is 47.6 Å². The van der Waals surface area contributed by atoms with Crippen molar-refractivity contribution in [3.05, 3.63) is 214 Å². The molecule has 0 radical (unpaired) electrons. The zero-order valence-electron chi connectivity index (χ0n) is 32.2. The zero-order valence-corrected chi connectivity index (χ0v) is 37.2. The van der Waals surface area contributed by atoms with Crippen molar-refractivity contribution in [2.24, 2.45) is 0 Å². The second-order valence-corrected chi connectivity index (χ2v) is 23.3. The first-order chi connectivity index (χ1) is 26.2. The van der Waals surface area contributed by atoms with Crippen molar-refractivity contribution < 1.29 is 56.9 Å². The van der Waals surface area contributed by atoms with Crippen LogP contribution in [0.2, 0.25) is 13.1 Å². The molecule has 56 heavy (non-hydrogen) atoms. The number of hydrogen-bond donors (Lipinski definition) is 0. The Balaban J connectivity index is 0.000000220. The second-order valence-electron chi connectivity index (χ2n) is 13.9. The summed E-state index contributed by atoms with van der Waals surface area (Å²) < 4.78 is 29.6. The molecule has 6 aromatic rings. The molecule has 2 unspecified atom stereocenters. The largest absolute Gasteiger partial charge is 1.00 e. The maximum atomic E-state index is 14.8. The van der Waals surface area contributed by atoms with Crippen LogP contribution in [0.4, 0.5) is 8.78 Å². The SMILES string of the molecule is CCc1cc2c([cH-]1)C=CC=CC2c1ccc(-c2ccccc2)c(F)c1.CCc1cc2c([cH-]1)C=CC=CC2c1ccc(-c2ccccc2)c(F)c1.C[Si](C)=[Zr+2].[Cl-].[Cl-]. The number of hydrogen-bond acceptors (Lipinski definition) is 0. The number of aryl methyl sites for hydroxylation is 2. The number of fused-ring (bicyclic) bond motifs is 2. The van der Waals surface area contributed by atoms with Crippen LogP contribution in [0.1, 0.15) is 70.2 Å². The third kappa shape index (κ3) is 11.1. The van der Waals surface area contributed by atoms with E-state index in [1.54, 1.807) is 35.5 Å². The van der Waals surface area contributed by atoms with Crippen molar-refractivity contribution >= 4 is 17.6 Å².